The van der Waals surface area contributed by atoms with Gasteiger partial charge in [0.1, 0.15) is 0 Å². The van der Waals surface area contributed by atoms with Gasteiger partial charge in [-0.3, -0.25) is 0 Å². The summed E-state index contributed by atoms with van der Waals surface area (Å²) < 4.78 is 31.2. The molecule has 4 nitrogen and oxygen atoms in total. The first-order valence-electron chi connectivity index (χ1n) is 4.55. The lowest BCUT2D eigenvalue weighted by molar-refractivity contribution is -0.0462. The molecule has 0 aliphatic carbocycles. The second kappa shape index (κ2) is 4.31. The Labute approximate surface area is 94.5 Å². The predicted molar refractivity (Wildman–Crippen MR) is 57.5 cm³/mol. The van der Waals surface area contributed by atoms with E-state index in [1.54, 1.807) is 0 Å². The van der Waals surface area contributed by atoms with Gasteiger partial charge in [0.25, 0.3) is 0 Å². The van der Waals surface area contributed by atoms with Crippen LogP contribution in [0.1, 0.15) is 21.6 Å². The molecule has 1 aromatic rings. The standard InChI is InChI=1S/C9H12O4S2/c1-5-7(9-12-3-4-13-9)8(15(10)11)6(2)14-5/h9H,3-4H2,1-2H3,(H,10,11). The highest BCUT2D eigenvalue weighted by Gasteiger charge is 2.28. The minimum Gasteiger partial charge on any atom is -0.346 e. The largest absolute Gasteiger partial charge is 0.346 e. The normalized spacial score (nSPS) is 19.7. The van der Waals surface area contributed by atoms with Crippen molar-refractivity contribution in [2.75, 3.05) is 13.2 Å². The third-order valence-electron chi connectivity index (χ3n) is 2.28. The summed E-state index contributed by atoms with van der Waals surface area (Å²) in [6.07, 6.45) is -0.471. The van der Waals surface area contributed by atoms with E-state index in [1.807, 2.05) is 13.8 Å². The smallest absolute Gasteiger partial charge is 0.188 e. The van der Waals surface area contributed by atoms with Crippen LogP contribution in [0.5, 0.6) is 0 Å². The van der Waals surface area contributed by atoms with Crippen LogP contribution in [0.2, 0.25) is 0 Å². The first-order chi connectivity index (χ1) is 7.11. The molecule has 0 spiro atoms. The van der Waals surface area contributed by atoms with E-state index in [4.69, 9.17) is 9.47 Å². The van der Waals surface area contributed by atoms with E-state index in [9.17, 15) is 8.76 Å². The van der Waals surface area contributed by atoms with Crippen LogP contribution in [0.25, 0.3) is 0 Å². The minimum absolute atomic E-state index is 0.449. The zero-order valence-electron chi connectivity index (χ0n) is 8.48. The molecule has 0 radical (unpaired) electrons. The van der Waals surface area contributed by atoms with Gasteiger partial charge in [-0.2, -0.15) is 0 Å². The lowest BCUT2D eigenvalue weighted by Crippen LogP contribution is -2.03. The maximum absolute atomic E-state index is 11.2. The fraction of sp³-hybridized carbons (Fsp3) is 0.556. The van der Waals surface area contributed by atoms with Crippen LogP contribution >= 0.6 is 11.3 Å². The van der Waals surface area contributed by atoms with Gasteiger partial charge in [-0.1, -0.05) is 0 Å². The molecule has 6 heteroatoms. The highest BCUT2D eigenvalue weighted by Crippen LogP contribution is 2.37. The van der Waals surface area contributed by atoms with Gasteiger partial charge in [0.15, 0.2) is 17.4 Å². The van der Waals surface area contributed by atoms with Crippen LogP contribution in [-0.4, -0.2) is 22.0 Å². The van der Waals surface area contributed by atoms with Gasteiger partial charge >= 0.3 is 0 Å². The predicted octanol–water partition coefficient (Wildman–Crippen LogP) is 1.99. The van der Waals surface area contributed by atoms with E-state index in [0.717, 1.165) is 15.3 Å². The second-order valence-corrected chi connectivity index (χ2v) is 5.62. The molecule has 0 saturated carbocycles. The molecule has 15 heavy (non-hydrogen) atoms. The number of hydrogen-bond acceptors (Lipinski definition) is 4. The van der Waals surface area contributed by atoms with Crippen LogP contribution in [0, 0.1) is 13.8 Å². The Morgan fingerprint density at radius 2 is 1.93 bits per heavy atom. The molecule has 2 rings (SSSR count). The Morgan fingerprint density at radius 3 is 2.47 bits per heavy atom. The van der Waals surface area contributed by atoms with Gasteiger partial charge in [-0.05, 0) is 13.8 Å². The lowest BCUT2D eigenvalue weighted by Gasteiger charge is -2.10. The number of hydrogen-bond donors (Lipinski definition) is 1. The van der Waals surface area contributed by atoms with E-state index >= 15 is 0 Å². The van der Waals surface area contributed by atoms with Crippen molar-refractivity contribution in [2.45, 2.75) is 25.0 Å². The Kier molecular flexibility index (Phi) is 3.22. The molecule has 1 aliphatic rings. The number of ether oxygens (including phenoxy) is 2. The highest BCUT2D eigenvalue weighted by molar-refractivity contribution is 7.79. The average molecular weight is 248 g/mol. The molecular weight excluding hydrogens is 236 g/mol. The Morgan fingerprint density at radius 1 is 1.33 bits per heavy atom. The molecule has 2 heterocycles. The third-order valence-corrected chi connectivity index (χ3v) is 4.32. The molecule has 84 valence electrons. The zero-order valence-corrected chi connectivity index (χ0v) is 10.1. The summed E-state index contributed by atoms with van der Waals surface area (Å²) in [7, 11) is 0. The van der Waals surface area contributed by atoms with E-state index in [2.05, 4.69) is 0 Å². The second-order valence-electron chi connectivity index (χ2n) is 3.28. The molecule has 1 aromatic heterocycles. The molecule has 0 aromatic carbocycles. The van der Waals surface area contributed by atoms with Crippen LogP contribution in [0.4, 0.5) is 0 Å². The van der Waals surface area contributed by atoms with Crippen LogP contribution in [0.3, 0.4) is 0 Å². The van der Waals surface area contributed by atoms with E-state index in [0.29, 0.717) is 18.1 Å². The molecule has 1 saturated heterocycles. The van der Waals surface area contributed by atoms with Crippen molar-refractivity contribution < 1.29 is 18.2 Å². The van der Waals surface area contributed by atoms with Crippen molar-refractivity contribution in [3.05, 3.63) is 15.3 Å². The van der Waals surface area contributed by atoms with Crippen molar-refractivity contribution in [3.8, 4) is 0 Å². The summed E-state index contributed by atoms with van der Waals surface area (Å²) >= 11 is -0.479. The molecule has 1 unspecified atom stereocenters. The summed E-state index contributed by atoms with van der Waals surface area (Å²) in [6, 6.07) is 0. The van der Waals surface area contributed by atoms with Crippen molar-refractivity contribution in [2.24, 2.45) is 0 Å². The molecule has 1 N–H and O–H groups in total. The van der Waals surface area contributed by atoms with Crippen molar-refractivity contribution >= 4 is 22.4 Å². The van der Waals surface area contributed by atoms with E-state index in [1.165, 1.54) is 11.3 Å². The maximum atomic E-state index is 11.2. The maximum Gasteiger partial charge on any atom is 0.188 e. The third kappa shape index (κ3) is 2.00. The van der Waals surface area contributed by atoms with Crippen molar-refractivity contribution in [3.63, 3.8) is 0 Å². The summed E-state index contributed by atoms with van der Waals surface area (Å²) in [6.45, 7) is 4.82. The van der Waals surface area contributed by atoms with Crippen LogP contribution in [0.15, 0.2) is 4.90 Å². The quantitative estimate of drug-likeness (QED) is 0.813. The average Bonchev–Trinajstić information content (AvgIpc) is 2.71. The molecule has 1 atom stereocenters. The molecule has 1 aliphatic heterocycles. The Balaban J connectivity index is 2.47. The van der Waals surface area contributed by atoms with Gasteiger partial charge < -0.3 is 14.0 Å². The summed E-state index contributed by atoms with van der Waals surface area (Å²) in [5.74, 6) is 0. The highest BCUT2D eigenvalue weighted by atomic mass is 32.2. The Hall–Kier alpha value is -0.270. The SMILES string of the molecule is Cc1sc(C)c(S(=O)O)c1C1OCCO1. The minimum atomic E-state index is -1.98. The molecule has 0 bridgehead atoms. The van der Waals surface area contributed by atoms with Gasteiger partial charge in [-0.15, -0.1) is 11.3 Å². The number of rotatable bonds is 2. The number of thiophene rings is 1. The lowest BCUT2D eigenvalue weighted by atomic mass is 10.2. The van der Waals surface area contributed by atoms with Gasteiger partial charge in [0, 0.05) is 15.3 Å². The molecule has 0 amide bonds. The molecular formula is C9H12O4S2. The van der Waals surface area contributed by atoms with Gasteiger partial charge in [-0.25, -0.2) is 4.21 Å². The van der Waals surface area contributed by atoms with Crippen molar-refractivity contribution in [1.29, 1.82) is 0 Å². The van der Waals surface area contributed by atoms with E-state index in [-0.39, 0.29) is 0 Å². The monoisotopic (exact) mass is 248 g/mol. The van der Waals surface area contributed by atoms with Crippen LogP contribution in [-0.2, 0) is 20.6 Å². The zero-order chi connectivity index (χ0) is 11.0. The Bertz CT molecular complexity index is 393. The van der Waals surface area contributed by atoms with Crippen molar-refractivity contribution in [1.82, 2.24) is 0 Å². The summed E-state index contributed by atoms with van der Waals surface area (Å²) in [5.41, 5.74) is 0.732. The fourth-order valence-electron chi connectivity index (χ4n) is 1.70. The summed E-state index contributed by atoms with van der Waals surface area (Å²) in [5, 5.41) is 0. The van der Waals surface area contributed by atoms with Gasteiger partial charge in [0.2, 0.25) is 0 Å². The van der Waals surface area contributed by atoms with E-state index < -0.39 is 17.4 Å². The number of aryl methyl sites for hydroxylation is 2. The fourth-order valence-corrected chi connectivity index (χ4v) is 3.75. The first kappa shape index (κ1) is 11.2. The van der Waals surface area contributed by atoms with Crippen LogP contribution < -0.4 is 0 Å². The topological polar surface area (TPSA) is 55.8 Å². The first-order valence-corrected chi connectivity index (χ1v) is 6.47. The summed E-state index contributed by atoms with van der Waals surface area (Å²) in [4.78, 5) is 2.28. The van der Waals surface area contributed by atoms with Gasteiger partial charge in [0.05, 0.1) is 18.1 Å². The molecule has 1 fully saturated rings.